The molecule has 0 aliphatic heterocycles. The average molecular weight is 153 g/mol. The van der Waals surface area contributed by atoms with Crippen LogP contribution in [0, 0.1) is 6.92 Å². The topological polar surface area (TPSA) is 60.9 Å². The van der Waals surface area contributed by atoms with Gasteiger partial charge in [-0.15, -0.1) is 0 Å². The first-order chi connectivity index (χ1) is 5.20. The lowest BCUT2D eigenvalue weighted by molar-refractivity contribution is -0.118. The fraction of sp³-hybridized carbons (Fsp3) is 0.429. The second-order valence-corrected chi connectivity index (χ2v) is 2.44. The average Bonchev–Trinajstić information content (AvgIpc) is 2.31. The van der Waals surface area contributed by atoms with Gasteiger partial charge in [-0.1, -0.05) is 0 Å². The number of hydrogen-bond acceptors (Lipinski definition) is 2. The van der Waals surface area contributed by atoms with Gasteiger partial charge >= 0.3 is 0 Å². The Bertz CT molecular complexity index is 254. The molecule has 60 valence electrons. The maximum absolute atomic E-state index is 10.4. The van der Waals surface area contributed by atoms with Gasteiger partial charge in [-0.3, -0.25) is 4.79 Å². The standard InChI is InChI=1S/C7H11N3O/c1-6-4-9-5-10(6)3-2-7(8)11/h4-5H,2-3H2,1H3,(H2,8,11). The zero-order valence-corrected chi connectivity index (χ0v) is 6.45. The van der Waals surface area contributed by atoms with Crippen molar-refractivity contribution in [3.05, 3.63) is 18.2 Å². The molecule has 0 aliphatic carbocycles. The highest BCUT2D eigenvalue weighted by Crippen LogP contribution is 1.97. The Labute approximate surface area is 65.0 Å². The van der Waals surface area contributed by atoms with Crippen molar-refractivity contribution in [1.29, 1.82) is 0 Å². The number of rotatable bonds is 3. The summed E-state index contributed by atoms with van der Waals surface area (Å²) in [5.41, 5.74) is 6.03. The Kier molecular flexibility index (Phi) is 2.25. The van der Waals surface area contributed by atoms with Crippen LogP contribution in [0.25, 0.3) is 0 Å². The van der Waals surface area contributed by atoms with E-state index >= 15 is 0 Å². The molecule has 4 nitrogen and oxygen atoms in total. The number of amides is 1. The first kappa shape index (κ1) is 7.78. The summed E-state index contributed by atoms with van der Waals surface area (Å²) in [6.45, 7) is 2.56. The summed E-state index contributed by atoms with van der Waals surface area (Å²) in [6.07, 6.45) is 3.82. The summed E-state index contributed by atoms with van der Waals surface area (Å²) < 4.78 is 1.89. The highest BCUT2D eigenvalue weighted by molar-refractivity contribution is 5.73. The first-order valence-corrected chi connectivity index (χ1v) is 3.45. The SMILES string of the molecule is Cc1cncn1CCC(N)=O. The molecule has 1 amide bonds. The van der Waals surface area contributed by atoms with Crippen molar-refractivity contribution in [2.45, 2.75) is 19.9 Å². The number of aromatic nitrogens is 2. The molecule has 0 unspecified atom stereocenters. The van der Waals surface area contributed by atoms with E-state index < -0.39 is 0 Å². The van der Waals surface area contributed by atoms with E-state index in [1.165, 1.54) is 0 Å². The number of carbonyl (C=O) groups excluding carboxylic acids is 1. The van der Waals surface area contributed by atoms with Crippen molar-refractivity contribution in [3.8, 4) is 0 Å². The van der Waals surface area contributed by atoms with Crippen LogP contribution in [0.3, 0.4) is 0 Å². The van der Waals surface area contributed by atoms with Gasteiger partial charge in [-0.05, 0) is 6.92 Å². The van der Waals surface area contributed by atoms with E-state index in [4.69, 9.17) is 5.73 Å². The third-order valence-corrected chi connectivity index (χ3v) is 1.52. The predicted octanol–water partition coefficient (Wildman–Crippen LogP) is 0.0669. The molecular weight excluding hydrogens is 142 g/mol. The van der Waals surface area contributed by atoms with E-state index in [0.29, 0.717) is 13.0 Å². The second-order valence-electron chi connectivity index (χ2n) is 2.44. The Morgan fingerprint density at radius 2 is 2.55 bits per heavy atom. The normalized spacial score (nSPS) is 9.91. The third kappa shape index (κ3) is 2.07. The first-order valence-electron chi connectivity index (χ1n) is 3.45. The highest BCUT2D eigenvalue weighted by atomic mass is 16.1. The Morgan fingerprint density at radius 1 is 1.82 bits per heavy atom. The van der Waals surface area contributed by atoms with Gasteiger partial charge in [0.05, 0.1) is 6.33 Å². The molecule has 1 aromatic heterocycles. The molecule has 0 spiro atoms. The van der Waals surface area contributed by atoms with E-state index in [0.717, 1.165) is 5.69 Å². The molecule has 0 aliphatic rings. The smallest absolute Gasteiger partial charge is 0.219 e. The molecule has 4 heteroatoms. The van der Waals surface area contributed by atoms with Gasteiger partial charge in [0.25, 0.3) is 0 Å². The molecule has 1 heterocycles. The summed E-state index contributed by atoms with van der Waals surface area (Å²) in [5.74, 6) is -0.280. The molecule has 0 aromatic carbocycles. The van der Waals surface area contributed by atoms with Crippen molar-refractivity contribution in [2.24, 2.45) is 5.73 Å². The van der Waals surface area contributed by atoms with Crippen molar-refractivity contribution in [2.75, 3.05) is 0 Å². The molecule has 0 atom stereocenters. The number of carbonyl (C=O) groups is 1. The molecule has 0 saturated carbocycles. The number of primary amides is 1. The number of aryl methyl sites for hydroxylation is 2. The van der Waals surface area contributed by atoms with Crippen LogP contribution in [0.15, 0.2) is 12.5 Å². The second kappa shape index (κ2) is 3.18. The largest absolute Gasteiger partial charge is 0.370 e. The van der Waals surface area contributed by atoms with Crippen LogP contribution in [-0.2, 0) is 11.3 Å². The molecular formula is C7H11N3O. The van der Waals surface area contributed by atoms with Gasteiger partial charge < -0.3 is 10.3 Å². The fourth-order valence-electron chi connectivity index (χ4n) is 0.852. The van der Waals surface area contributed by atoms with Crippen LogP contribution in [0.2, 0.25) is 0 Å². The van der Waals surface area contributed by atoms with Gasteiger partial charge in [0.15, 0.2) is 0 Å². The molecule has 2 N–H and O–H groups in total. The molecule has 1 rings (SSSR count). The van der Waals surface area contributed by atoms with E-state index in [1.807, 2.05) is 11.5 Å². The molecule has 0 fully saturated rings. The Hall–Kier alpha value is -1.32. The van der Waals surface area contributed by atoms with E-state index in [-0.39, 0.29) is 5.91 Å². The van der Waals surface area contributed by atoms with Crippen molar-refractivity contribution >= 4 is 5.91 Å². The van der Waals surface area contributed by atoms with Gasteiger partial charge in [0, 0.05) is 24.9 Å². The third-order valence-electron chi connectivity index (χ3n) is 1.52. The lowest BCUT2D eigenvalue weighted by Crippen LogP contribution is -2.13. The fourth-order valence-corrected chi connectivity index (χ4v) is 0.852. The Morgan fingerprint density at radius 3 is 3.00 bits per heavy atom. The minimum Gasteiger partial charge on any atom is -0.370 e. The lowest BCUT2D eigenvalue weighted by atomic mass is 10.4. The van der Waals surface area contributed by atoms with Crippen LogP contribution in [0.4, 0.5) is 0 Å². The van der Waals surface area contributed by atoms with Crippen LogP contribution in [0.5, 0.6) is 0 Å². The van der Waals surface area contributed by atoms with Crippen molar-refractivity contribution < 1.29 is 4.79 Å². The van der Waals surface area contributed by atoms with Crippen LogP contribution < -0.4 is 5.73 Å². The number of nitrogens with two attached hydrogens (primary N) is 1. The van der Waals surface area contributed by atoms with Crippen molar-refractivity contribution in [3.63, 3.8) is 0 Å². The van der Waals surface area contributed by atoms with Gasteiger partial charge in [0.1, 0.15) is 0 Å². The zero-order valence-electron chi connectivity index (χ0n) is 6.45. The van der Waals surface area contributed by atoms with E-state index in [1.54, 1.807) is 12.5 Å². The quantitative estimate of drug-likeness (QED) is 0.667. The molecule has 0 bridgehead atoms. The summed E-state index contributed by atoms with van der Waals surface area (Å²) in [7, 11) is 0. The van der Waals surface area contributed by atoms with Crippen LogP contribution in [-0.4, -0.2) is 15.5 Å². The lowest BCUT2D eigenvalue weighted by Gasteiger charge is -2.00. The minimum atomic E-state index is -0.280. The molecule has 11 heavy (non-hydrogen) atoms. The Balaban J connectivity index is 2.51. The van der Waals surface area contributed by atoms with Crippen LogP contribution in [0.1, 0.15) is 12.1 Å². The summed E-state index contributed by atoms with van der Waals surface area (Å²) in [4.78, 5) is 14.3. The number of nitrogens with zero attached hydrogens (tertiary/aromatic N) is 2. The number of imidazole rings is 1. The highest BCUT2D eigenvalue weighted by Gasteiger charge is 1.97. The maximum Gasteiger partial charge on any atom is 0.219 e. The minimum absolute atomic E-state index is 0.280. The van der Waals surface area contributed by atoms with Gasteiger partial charge in [-0.25, -0.2) is 4.98 Å². The van der Waals surface area contributed by atoms with Crippen LogP contribution >= 0.6 is 0 Å². The molecule has 0 radical (unpaired) electrons. The summed E-state index contributed by atoms with van der Waals surface area (Å²) in [6, 6.07) is 0. The van der Waals surface area contributed by atoms with Gasteiger partial charge in [0.2, 0.25) is 5.91 Å². The van der Waals surface area contributed by atoms with E-state index in [9.17, 15) is 4.79 Å². The van der Waals surface area contributed by atoms with Crippen molar-refractivity contribution in [1.82, 2.24) is 9.55 Å². The van der Waals surface area contributed by atoms with E-state index in [2.05, 4.69) is 4.98 Å². The maximum atomic E-state index is 10.4. The summed E-state index contributed by atoms with van der Waals surface area (Å²) in [5, 5.41) is 0. The summed E-state index contributed by atoms with van der Waals surface area (Å²) >= 11 is 0. The van der Waals surface area contributed by atoms with Gasteiger partial charge in [-0.2, -0.15) is 0 Å². The zero-order chi connectivity index (χ0) is 8.27. The molecule has 1 aromatic rings. The monoisotopic (exact) mass is 153 g/mol. The number of hydrogen-bond donors (Lipinski definition) is 1. The predicted molar refractivity (Wildman–Crippen MR) is 40.8 cm³/mol. The molecule has 0 saturated heterocycles.